The Morgan fingerprint density at radius 1 is 1.50 bits per heavy atom. The lowest BCUT2D eigenvalue weighted by molar-refractivity contribution is 0.466. The lowest BCUT2D eigenvalue weighted by atomic mass is 10.1. The summed E-state index contributed by atoms with van der Waals surface area (Å²) >= 11 is 13.4. The molecule has 0 amide bonds. The van der Waals surface area contributed by atoms with Crippen LogP contribution in [0.1, 0.15) is 17.4 Å². The summed E-state index contributed by atoms with van der Waals surface area (Å²) in [6.45, 7) is 0. The van der Waals surface area contributed by atoms with Crippen LogP contribution in [0.4, 0.5) is 0 Å². The van der Waals surface area contributed by atoms with E-state index >= 15 is 0 Å². The standard InChI is InChI=1S/C11H11Cl2NOS/c1-14-9(5-7-3-2-4-15-7)8-6-10(12)16-11(8)13/h2-4,6,9,14H,5H2,1H3. The van der Waals surface area contributed by atoms with Crippen LogP contribution in [-0.4, -0.2) is 7.05 Å². The van der Waals surface area contributed by atoms with E-state index in [0.717, 1.165) is 22.1 Å². The first-order valence-corrected chi connectivity index (χ1v) is 6.42. The smallest absolute Gasteiger partial charge is 0.105 e. The molecule has 0 aliphatic carbocycles. The average molecular weight is 276 g/mol. The first-order chi connectivity index (χ1) is 7.70. The molecule has 1 atom stereocenters. The lowest BCUT2D eigenvalue weighted by Crippen LogP contribution is -2.18. The summed E-state index contributed by atoms with van der Waals surface area (Å²) in [4.78, 5) is 0. The van der Waals surface area contributed by atoms with Crippen molar-refractivity contribution in [2.45, 2.75) is 12.5 Å². The molecule has 0 saturated heterocycles. The Morgan fingerprint density at radius 3 is 2.81 bits per heavy atom. The summed E-state index contributed by atoms with van der Waals surface area (Å²) in [5, 5.41) is 3.21. The molecule has 0 spiro atoms. The molecular formula is C11H11Cl2NOS. The van der Waals surface area contributed by atoms with Crippen molar-refractivity contribution < 1.29 is 4.42 Å². The van der Waals surface area contributed by atoms with Crippen LogP contribution in [0.15, 0.2) is 28.9 Å². The molecule has 0 saturated carbocycles. The molecule has 1 N–H and O–H groups in total. The number of hydrogen-bond donors (Lipinski definition) is 1. The van der Waals surface area contributed by atoms with Crippen molar-refractivity contribution >= 4 is 34.5 Å². The third-order valence-corrected chi connectivity index (χ3v) is 3.91. The predicted molar refractivity (Wildman–Crippen MR) is 68.6 cm³/mol. The molecule has 0 aliphatic rings. The Balaban J connectivity index is 2.19. The van der Waals surface area contributed by atoms with Crippen molar-refractivity contribution in [1.82, 2.24) is 5.32 Å². The zero-order valence-electron chi connectivity index (χ0n) is 8.67. The van der Waals surface area contributed by atoms with E-state index in [2.05, 4.69) is 5.32 Å². The fraction of sp³-hybridized carbons (Fsp3) is 0.273. The molecule has 1 unspecified atom stereocenters. The van der Waals surface area contributed by atoms with E-state index in [0.29, 0.717) is 4.34 Å². The number of hydrogen-bond acceptors (Lipinski definition) is 3. The first-order valence-electron chi connectivity index (χ1n) is 4.85. The summed E-state index contributed by atoms with van der Waals surface area (Å²) in [6, 6.07) is 5.86. The van der Waals surface area contributed by atoms with Gasteiger partial charge in [0.25, 0.3) is 0 Å². The second-order valence-corrected chi connectivity index (χ2v) is 5.69. The highest BCUT2D eigenvalue weighted by atomic mass is 35.5. The molecule has 16 heavy (non-hydrogen) atoms. The summed E-state index contributed by atoms with van der Waals surface area (Å²) < 4.78 is 6.76. The molecule has 0 bridgehead atoms. The van der Waals surface area contributed by atoms with Gasteiger partial charge in [0, 0.05) is 18.0 Å². The third-order valence-electron chi connectivity index (χ3n) is 2.39. The van der Waals surface area contributed by atoms with Crippen molar-refractivity contribution in [3.05, 3.63) is 44.5 Å². The number of likely N-dealkylation sites (N-methyl/N-ethyl adjacent to an activating group) is 1. The minimum atomic E-state index is 0.127. The maximum atomic E-state index is 6.12. The van der Waals surface area contributed by atoms with Crippen LogP contribution in [0.2, 0.25) is 8.67 Å². The molecule has 2 rings (SSSR count). The topological polar surface area (TPSA) is 25.2 Å². The summed E-state index contributed by atoms with van der Waals surface area (Å²) in [7, 11) is 1.90. The molecule has 2 aromatic rings. The highest BCUT2D eigenvalue weighted by molar-refractivity contribution is 7.20. The molecule has 86 valence electrons. The van der Waals surface area contributed by atoms with Gasteiger partial charge in [-0.1, -0.05) is 23.2 Å². The predicted octanol–water partition coefficient (Wildman–Crippen LogP) is 4.15. The molecule has 0 aromatic carbocycles. The Kier molecular flexibility index (Phi) is 3.92. The van der Waals surface area contributed by atoms with E-state index < -0.39 is 0 Å². The van der Waals surface area contributed by atoms with E-state index in [4.69, 9.17) is 27.6 Å². The van der Waals surface area contributed by atoms with Crippen molar-refractivity contribution in [3.8, 4) is 0 Å². The maximum Gasteiger partial charge on any atom is 0.105 e. The second-order valence-electron chi connectivity index (χ2n) is 3.40. The van der Waals surface area contributed by atoms with Gasteiger partial charge >= 0.3 is 0 Å². The van der Waals surface area contributed by atoms with E-state index in [1.165, 1.54) is 11.3 Å². The van der Waals surface area contributed by atoms with Gasteiger partial charge in [-0.3, -0.25) is 0 Å². The SMILES string of the molecule is CNC(Cc1ccco1)c1cc(Cl)sc1Cl. The molecular weight excluding hydrogens is 265 g/mol. The number of thiophene rings is 1. The van der Waals surface area contributed by atoms with Crippen LogP contribution in [-0.2, 0) is 6.42 Å². The minimum absolute atomic E-state index is 0.127. The van der Waals surface area contributed by atoms with Gasteiger partial charge in [-0.15, -0.1) is 11.3 Å². The average Bonchev–Trinajstić information content (AvgIpc) is 2.85. The number of halogens is 2. The van der Waals surface area contributed by atoms with Crippen LogP contribution >= 0.6 is 34.5 Å². The highest BCUT2D eigenvalue weighted by Gasteiger charge is 2.17. The molecule has 0 aliphatic heterocycles. The number of furan rings is 1. The lowest BCUT2D eigenvalue weighted by Gasteiger charge is -2.13. The zero-order chi connectivity index (χ0) is 11.5. The highest BCUT2D eigenvalue weighted by Crippen LogP contribution is 2.35. The molecule has 5 heteroatoms. The van der Waals surface area contributed by atoms with Crippen LogP contribution in [0.3, 0.4) is 0 Å². The van der Waals surface area contributed by atoms with Gasteiger partial charge < -0.3 is 9.73 Å². The zero-order valence-corrected chi connectivity index (χ0v) is 11.0. The van der Waals surface area contributed by atoms with Crippen LogP contribution in [0, 0.1) is 0 Å². The van der Waals surface area contributed by atoms with Gasteiger partial charge in [-0.25, -0.2) is 0 Å². The summed E-state index contributed by atoms with van der Waals surface area (Å²) in [5.41, 5.74) is 1.02. The van der Waals surface area contributed by atoms with Gasteiger partial charge in [-0.05, 0) is 25.2 Å². The monoisotopic (exact) mass is 275 g/mol. The fourth-order valence-electron chi connectivity index (χ4n) is 1.59. The largest absolute Gasteiger partial charge is 0.469 e. The van der Waals surface area contributed by atoms with Crippen molar-refractivity contribution in [2.75, 3.05) is 7.05 Å². The molecule has 0 fully saturated rings. The fourth-order valence-corrected chi connectivity index (χ4v) is 3.17. The summed E-state index contributed by atoms with van der Waals surface area (Å²) in [5.74, 6) is 0.928. The van der Waals surface area contributed by atoms with E-state index in [9.17, 15) is 0 Å². The second kappa shape index (κ2) is 5.23. The third kappa shape index (κ3) is 2.61. The Morgan fingerprint density at radius 2 is 2.31 bits per heavy atom. The first kappa shape index (κ1) is 12.0. The Labute approximate surface area is 108 Å². The Hall–Kier alpha value is -0.480. The van der Waals surface area contributed by atoms with Crippen molar-refractivity contribution in [3.63, 3.8) is 0 Å². The molecule has 0 radical (unpaired) electrons. The van der Waals surface area contributed by atoms with Gasteiger partial charge in [0.15, 0.2) is 0 Å². The van der Waals surface area contributed by atoms with Crippen LogP contribution < -0.4 is 5.32 Å². The normalized spacial score (nSPS) is 12.9. The van der Waals surface area contributed by atoms with E-state index in [-0.39, 0.29) is 6.04 Å². The minimum Gasteiger partial charge on any atom is -0.469 e. The molecule has 2 nitrogen and oxygen atoms in total. The summed E-state index contributed by atoms with van der Waals surface area (Å²) in [6.07, 6.45) is 2.43. The number of nitrogens with one attached hydrogen (secondary N) is 1. The number of rotatable bonds is 4. The van der Waals surface area contributed by atoms with Crippen molar-refractivity contribution in [1.29, 1.82) is 0 Å². The van der Waals surface area contributed by atoms with Gasteiger partial charge in [0.05, 0.1) is 14.9 Å². The van der Waals surface area contributed by atoms with Crippen molar-refractivity contribution in [2.24, 2.45) is 0 Å². The molecule has 2 aromatic heterocycles. The maximum absolute atomic E-state index is 6.12. The Bertz CT molecular complexity index is 453. The van der Waals surface area contributed by atoms with Crippen LogP contribution in [0.25, 0.3) is 0 Å². The van der Waals surface area contributed by atoms with E-state index in [1.807, 2.05) is 25.2 Å². The molecule has 2 heterocycles. The van der Waals surface area contributed by atoms with E-state index in [1.54, 1.807) is 6.26 Å². The van der Waals surface area contributed by atoms with Crippen LogP contribution in [0.5, 0.6) is 0 Å². The van der Waals surface area contributed by atoms with Gasteiger partial charge in [-0.2, -0.15) is 0 Å². The van der Waals surface area contributed by atoms with Gasteiger partial charge in [0.2, 0.25) is 0 Å². The van der Waals surface area contributed by atoms with Gasteiger partial charge in [0.1, 0.15) is 5.76 Å². The quantitative estimate of drug-likeness (QED) is 0.907.